The van der Waals surface area contributed by atoms with E-state index in [0.29, 0.717) is 24.1 Å². The van der Waals surface area contributed by atoms with Gasteiger partial charge in [-0.2, -0.15) is 5.10 Å². The number of methoxy groups -OCH3 is 1. The number of nitro groups is 1. The largest absolute Gasteiger partial charge is 0.465 e. The fraction of sp³-hybridized carbons (Fsp3) is 0.385. The zero-order valence-corrected chi connectivity index (χ0v) is 11.3. The first-order valence-electron chi connectivity index (χ1n) is 6.43. The molecule has 8 heteroatoms. The summed E-state index contributed by atoms with van der Waals surface area (Å²) in [6.45, 7) is 1.24. The lowest BCUT2D eigenvalue weighted by Gasteiger charge is -2.06. The van der Waals surface area contributed by atoms with E-state index in [1.807, 2.05) is 0 Å². The molecule has 0 bridgehead atoms. The van der Waals surface area contributed by atoms with Crippen molar-refractivity contribution in [1.82, 2.24) is 9.78 Å². The highest BCUT2D eigenvalue weighted by Crippen LogP contribution is 2.28. The Morgan fingerprint density at radius 2 is 2.38 bits per heavy atom. The third-order valence-corrected chi connectivity index (χ3v) is 3.52. The molecule has 1 aromatic carbocycles. The van der Waals surface area contributed by atoms with E-state index in [1.165, 1.54) is 19.2 Å². The molecular weight excluding hydrogens is 278 g/mol. The van der Waals surface area contributed by atoms with Crippen LogP contribution in [0.4, 0.5) is 5.69 Å². The first kappa shape index (κ1) is 13.5. The van der Waals surface area contributed by atoms with Gasteiger partial charge in [0.05, 0.1) is 30.2 Å². The predicted octanol–water partition coefficient (Wildman–Crippen LogP) is 1.69. The van der Waals surface area contributed by atoms with Gasteiger partial charge in [0, 0.05) is 24.3 Å². The summed E-state index contributed by atoms with van der Waals surface area (Å²) in [6.07, 6.45) is 2.59. The van der Waals surface area contributed by atoms with Crippen LogP contribution in [-0.2, 0) is 9.47 Å². The number of hydrogen-bond donors (Lipinski definition) is 0. The Labute approximate surface area is 119 Å². The standard InChI is InChI=1S/C13H13N3O5/c1-20-13(17)10-5-11-8(4-12(10)16(18)19)6-15(14-11)9-2-3-21-7-9/h4-6,9H,2-3,7H2,1H3. The van der Waals surface area contributed by atoms with Crippen molar-refractivity contribution in [3.8, 4) is 0 Å². The van der Waals surface area contributed by atoms with E-state index in [2.05, 4.69) is 9.84 Å². The van der Waals surface area contributed by atoms with E-state index in [4.69, 9.17) is 4.74 Å². The number of ether oxygens (including phenoxy) is 2. The first-order chi connectivity index (χ1) is 10.1. The smallest absolute Gasteiger partial charge is 0.344 e. The number of nitro benzene ring substituents is 1. The van der Waals surface area contributed by atoms with Crippen LogP contribution in [0.3, 0.4) is 0 Å². The fourth-order valence-corrected chi connectivity index (χ4v) is 2.42. The Hall–Kier alpha value is -2.48. The van der Waals surface area contributed by atoms with Crippen molar-refractivity contribution < 1.29 is 19.2 Å². The molecule has 21 heavy (non-hydrogen) atoms. The summed E-state index contributed by atoms with van der Waals surface area (Å²) in [5.74, 6) is -0.748. The van der Waals surface area contributed by atoms with E-state index >= 15 is 0 Å². The van der Waals surface area contributed by atoms with E-state index < -0.39 is 10.9 Å². The molecule has 1 aliphatic heterocycles. The summed E-state index contributed by atoms with van der Waals surface area (Å²) in [6, 6.07) is 2.87. The molecule has 1 atom stereocenters. The molecule has 0 aliphatic carbocycles. The number of fused-ring (bicyclic) bond motifs is 1. The molecule has 8 nitrogen and oxygen atoms in total. The van der Waals surface area contributed by atoms with Crippen LogP contribution < -0.4 is 0 Å². The van der Waals surface area contributed by atoms with Gasteiger partial charge in [0.2, 0.25) is 0 Å². The number of rotatable bonds is 3. The van der Waals surface area contributed by atoms with Crippen LogP contribution in [0.25, 0.3) is 10.9 Å². The SMILES string of the molecule is COC(=O)c1cc2nn(C3CCOC3)cc2cc1[N+](=O)[O-]. The quantitative estimate of drug-likeness (QED) is 0.485. The maximum atomic E-state index is 11.7. The Balaban J connectivity index is 2.12. The molecule has 0 N–H and O–H groups in total. The minimum absolute atomic E-state index is 0.0945. The van der Waals surface area contributed by atoms with Gasteiger partial charge in [0.1, 0.15) is 5.56 Å². The number of aromatic nitrogens is 2. The van der Waals surface area contributed by atoms with Crippen LogP contribution in [0, 0.1) is 10.1 Å². The zero-order chi connectivity index (χ0) is 15.0. The van der Waals surface area contributed by atoms with Gasteiger partial charge in [-0.25, -0.2) is 4.79 Å². The third kappa shape index (κ3) is 2.33. The van der Waals surface area contributed by atoms with Crippen molar-refractivity contribution in [2.75, 3.05) is 20.3 Å². The molecule has 1 aromatic heterocycles. The maximum Gasteiger partial charge on any atom is 0.344 e. The molecule has 1 saturated heterocycles. The maximum absolute atomic E-state index is 11.7. The summed E-state index contributed by atoms with van der Waals surface area (Å²) >= 11 is 0. The van der Waals surface area contributed by atoms with Gasteiger partial charge in [-0.3, -0.25) is 14.8 Å². The summed E-state index contributed by atoms with van der Waals surface area (Å²) < 4.78 is 11.6. The van der Waals surface area contributed by atoms with Gasteiger partial charge < -0.3 is 9.47 Å². The van der Waals surface area contributed by atoms with Gasteiger partial charge >= 0.3 is 5.97 Å². The van der Waals surface area contributed by atoms with E-state index in [-0.39, 0.29) is 17.3 Å². The second kappa shape index (κ2) is 5.13. The van der Waals surface area contributed by atoms with E-state index in [9.17, 15) is 14.9 Å². The molecule has 2 aromatic rings. The van der Waals surface area contributed by atoms with Crippen LogP contribution in [-0.4, -0.2) is 41.0 Å². The monoisotopic (exact) mass is 291 g/mol. The summed E-state index contributed by atoms with van der Waals surface area (Å²) in [7, 11) is 1.19. The second-order valence-corrected chi connectivity index (χ2v) is 4.80. The average molecular weight is 291 g/mol. The molecule has 1 aliphatic rings. The topological polar surface area (TPSA) is 96.5 Å². The summed E-state index contributed by atoms with van der Waals surface area (Å²) in [4.78, 5) is 22.2. The number of benzene rings is 1. The van der Waals surface area contributed by atoms with Gasteiger partial charge in [-0.1, -0.05) is 0 Å². The van der Waals surface area contributed by atoms with Crippen LogP contribution >= 0.6 is 0 Å². The number of esters is 1. The molecule has 0 spiro atoms. The predicted molar refractivity (Wildman–Crippen MR) is 72.2 cm³/mol. The van der Waals surface area contributed by atoms with Crippen molar-refractivity contribution in [2.24, 2.45) is 0 Å². The Bertz CT molecular complexity index is 718. The fourth-order valence-electron chi connectivity index (χ4n) is 2.42. The molecule has 110 valence electrons. The summed E-state index contributed by atoms with van der Waals surface area (Å²) in [5.41, 5.74) is 0.146. The van der Waals surface area contributed by atoms with Crippen molar-refractivity contribution >= 4 is 22.6 Å². The molecular formula is C13H13N3O5. The van der Waals surface area contributed by atoms with Crippen LogP contribution in [0.2, 0.25) is 0 Å². The lowest BCUT2D eigenvalue weighted by atomic mass is 10.1. The van der Waals surface area contributed by atoms with Gasteiger partial charge in [0.25, 0.3) is 5.69 Å². The van der Waals surface area contributed by atoms with E-state index in [0.717, 1.165) is 6.42 Å². The molecule has 0 radical (unpaired) electrons. The Kier molecular flexibility index (Phi) is 3.30. The highest BCUT2D eigenvalue weighted by molar-refractivity contribution is 5.99. The third-order valence-electron chi connectivity index (χ3n) is 3.52. The lowest BCUT2D eigenvalue weighted by molar-refractivity contribution is -0.385. The average Bonchev–Trinajstić information content (AvgIpc) is 3.12. The van der Waals surface area contributed by atoms with Crippen LogP contribution in [0.1, 0.15) is 22.8 Å². The van der Waals surface area contributed by atoms with Crippen molar-refractivity contribution in [1.29, 1.82) is 0 Å². The molecule has 1 fully saturated rings. The van der Waals surface area contributed by atoms with Gasteiger partial charge in [-0.15, -0.1) is 0 Å². The molecule has 3 rings (SSSR count). The van der Waals surface area contributed by atoms with Crippen LogP contribution in [0.15, 0.2) is 18.3 Å². The number of carbonyl (C=O) groups excluding carboxylic acids is 1. The number of hydrogen-bond acceptors (Lipinski definition) is 6. The van der Waals surface area contributed by atoms with Crippen LogP contribution in [0.5, 0.6) is 0 Å². The second-order valence-electron chi connectivity index (χ2n) is 4.80. The van der Waals surface area contributed by atoms with Gasteiger partial charge in [0.15, 0.2) is 0 Å². The highest BCUT2D eigenvalue weighted by atomic mass is 16.6. The molecule has 0 amide bonds. The number of nitrogens with zero attached hydrogens (tertiary/aromatic N) is 3. The normalized spacial score (nSPS) is 18.0. The Morgan fingerprint density at radius 3 is 3.00 bits per heavy atom. The minimum atomic E-state index is -0.748. The number of carbonyl (C=O) groups is 1. The summed E-state index contributed by atoms with van der Waals surface area (Å²) in [5, 5.41) is 16.1. The van der Waals surface area contributed by atoms with Crippen molar-refractivity contribution in [3.05, 3.63) is 34.0 Å². The zero-order valence-electron chi connectivity index (χ0n) is 11.3. The van der Waals surface area contributed by atoms with Crippen molar-refractivity contribution in [2.45, 2.75) is 12.5 Å². The van der Waals surface area contributed by atoms with E-state index in [1.54, 1.807) is 10.9 Å². The van der Waals surface area contributed by atoms with Crippen molar-refractivity contribution in [3.63, 3.8) is 0 Å². The minimum Gasteiger partial charge on any atom is -0.465 e. The first-order valence-corrected chi connectivity index (χ1v) is 6.43. The van der Waals surface area contributed by atoms with Gasteiger partial charge in [-0.05, 0) is 12.5 Å². The molecule has 1 unspecified atom stereocenters. The molecule has 2 heterocycles. The Morgan fingerprint density at radius 1 is 1.57 bits per heavy atom. The molecule has 0 saturated carbocycles. The lowest BCUT2D eigenvalue weighted by Crippen LogP contribution is -2.08. The highest BCUT2D eigenvalue weighted by Gasteiger charge is 2.24.